The molecule has 1 heterocycles. The van der Waals surface area contributed by atoms with E-state index in [1.165, 1.54) is 25.1 Å². The number of aliphatic hydroxyl groups is 1. The number of hydrogen-bond acceptors (Lipinski definition) is 6. The lowest BCUT2D eigenvalue weighted by molar-refractivity contribution is -0.385. The molecule has 0 aliphatic carbocycles. The highest BCUT2D eigenvalue weighted by molar-refractivity contribution is 5.44. The number of nitro groups is 1. The van der Waals surface area contributed by atoms with Crippen molar-refractivity contribution >= 4 is 5.69 Å². The summed E-state index contributed by atoms with van der Waals surface area (Å²) in [4.78, 5) is 10.3. The van der Waals surface area contributed by atoms with Gasteiger partial charge in [-0.3, -0.25) is 10.1 Å². The second-order valence-electron chi connectivity index (χ2n) is 4.67. The summed E-state index contributed by atoms with van der Waals surface area (Å²) in [6.45, 7) is 3.51. The van der Waals surface area contributed by atoms with Gasteiger partial charge < -0.3 is 14.4 Å². The van der Waals surface area contributed by atoms with Crippen LogP contribution < -0.4 is 4.74 Å². The molecular weight excluding hydrogens is 276 g/mol. The summed E-state index contributed by atoms with van der Waals surface area (Å²) in [5, 5.41) is 28.4. The van der Waals surface area contributed by atoms with Gasteiger partial charge in [0, 0.05) is 24.7 Å². The molecule has 0 saturated heterocycles. The first kappa shape index (κ1) is 14.9. The lowest BCUT2D eigenvalue weighted by Crippen LogP contribution is -2.06. The maximum atomic E-state index is 10.8. The lowest BCUT2D eigenvalue weighted by Gasteiger charge is -2.13. The predicted octanol–water partition coefficient (Wildman–Crippen LogP) is 1.66. The Balaban J connectivity index is 2.23. The lowest BCUT2D eigenvalue weighted by atomic mass is 10.1. The van der Waals surface area contributed by atoms with Crippen LogP contribution in [-0.4, -0.2) is 24.8 Å². The van der Waals surface area contributed by atoms with Crippen LogP contribution in [-0.2, 0) is 13.7 Å². The standard InChI is InChI=1S/C13H16N4O4/c1-8(18)11-6-10(17(19)20)4-5-12(11)21-7-13-15-14-9(2)16(13)3/h4-6,8,18H,7H2,1-3H3/t8-/m1/s1. The molecule has 0 aliphatic heterocycles. The Hall–Kier alpha value is -2.48. The van der Waals surface area contributed by atoms with Crippen LogP contribution in [0.2, 0.25) is 0 Å². The third-order valence-electron chi connectivity index (χ3n) is 3.19. The van der Waals surface area contributed by atoms with E-state index in [4.69, 9.17) is 4.74 Å². The maximum absolute atomic E-state index is 10.8. The van der Waals surface area contributed by atoms with Crippen molar-refractivity contribution in [3.63, 3.8) is 0 Å². The summed E-state index contributed by atoms with van der Waals surface area (Å²) in [6, 6.07) is 4.12. The fraction of sp³-hybridized carbons (Fsp3) is 0.385. The van der Waals surface area contributed by atoms with Crippen LogP contribution in [0.3, 0.4) is 0 Å². The van der Waals surface area contributed by atoms with Crippen molar-refractivity contribution in [2.75, 3.05) is 0 Å². The molecule has 0 aliphatic rings. The predicted molar refractivity (Wildman–Crippen MR) is 73.8 cm³/mol. The van der Waals surface area contributed by atoms with Crippen LogP contribution in [0.5, 0.6) is 5.75 Å². The van der Waals surface area contributed by atoms with E-state index in [0.29, 0.717) is 17.1 Å². The van der Waals surface area contributed by atoms with E-state index in [1.54, 1.807) is 4.57 Å². The number of hydrogen-bond donors (Lipinski definition) is 1. The van der Waals surface area contributed by atoms with Crippen LogP contribution in [0.25, 0.3) is 0 Å². The second-order valence-corrected chi connectivity index (χ2v) is 4.67. The van der Waals surface area contributed by atoms with Gasteiger partial charge in [-0.15, -0.1) is 10.2 Å². The van der Waals surface area contributed by atoms with Crippen LogP contribution in [0.4, 0.5) is 5.69 Å². The zero-order chi connectivity index (χ0) is 15.6. The molecule has 0 radical (unpaired) electrons. The van der Waals surface area contributed by atoms with Crippen molar-refractivity contribution in [2.24, 2.45) is 7.05 Å². The van der Waals surface area contributed by atoms with Crippen LogP contribution in [0.15, 0.2) is 18.2 Å². The summed E-state index contributed by atoms with van der Waals surface area (Å²) in [6.07, 6.45) is -0.874. The van der Waals surface area contributed by atoms with Gasteiger partial charge in [0.1, 0.15) is 18.2 Å². The first-order valence-electron chi connectivity index (χ1n) is 6.34. The number of rotatable bonds is 5. The van der Waals surface area contributed by atoms with E-state index in [0.717, 1.165) is 5.82 Å². The molecule has 8 heteroatoms. The van der Waals surface area contributed by atoms with Gasteiger partial charge in [-0.25, -0.2) is 0 Å². The minimum absolute atomic E-state index is 0.0900. The summed E-state index contributed by atoms with van der Waals surface area (Å²) in [7, 11) is 1.82. The molecular formula is C13H16N4O4. The highest BCUT2D eigenvalue weighted by atomic mass is 16.6. The Labute approximate surface area is 121 Å². The molecule has 21 heavy (non-hydrogen) atoms. The molecule has 2 aromatic rings. The Morgan fingerprint density at radius 1 is 1.48 bits per heavy atom. The Morgan fingerprint density at radius 2 is 2.19 bits per heavy atom. The molecule has 8 nitrogen and oxygen atoms in total. The average Bonchev–Trinajstić information content (AvgIpc) is 2.76. The number of nitro benzene ring substituents is 1. The summed E-state index contributed by atoms with van der Waals surface area (Å²) in [5.41, 5.74) is 0.274. The minimum atomic E-state index is -0.874. The number of ether oxygens (including phenoxy) is 1. The molecule has 0 bridgehead atoms. The molecule has 0 amide bonds. The van der Waals surface area contributed by atoms with Gasteiger partial charge in [0.05, 0.1) is 11.0 Å². The number of nitrogens with zero attached hydrogens (tertiary/aromatic N) is 4. The Kier molecular flexibility index (Phi) is 4.18. The van der Waals surface area contributed by atoms with Crippen molar-refractivity contribution in [3.05, 3.63) is 45.5 Å². The molecule has 1 atom stereocenters. The van der Waals surface area contributed by atoms with Crippen LogP contribution in [0, 0.1) is 17.0 Å². The molecule has 2 rings (SSSR count). The third kappa shape index (κ3) is 3.16. The first-order chi connectivity index (χ1) is 9.90. The van der Waals surface area contributed by atoms with Crippen molar-refractivity contribution < 1.29 is 14.8 Å². The van der Waals surface area contributed by atoms with Gasteiger partial charge in [-0.05, 0) is 19.9 Å². The van der Waals surface area contributed by atoms with Crippen LogP contribution in [0.1, 0.15) is 30.2 Å². The molecule has 1 aromatic carbocycles. The quantitative estimate of drug-likeness (QED) is 0.664. The van der Waals surface area contributed by atoms with Crippen molar-refractivity contribution in [1.82, 2.24) is 14.8 Å². The second kappa shape index (κ2) is 5.88. The van der Waals surface area contributed by atoms with Gasteiger partial charge in [-0.1, -0.05) is 0 Å². The molecule has 1 aromatic heterocycles. The number of benzene rings is 1. The van der Waals surface area contributed by atoms with Crippen molar-refractivity contribution in [1.29, 1.82) is 0 Å². The topological polar surface area (TPSA) is 103 Å². The van der Waals surface area contributed by atoms with E-state index in [-0.39, 0.29) is 12.3 Å². The third-order valence-corrected chi connectivity index (χ3v) is 3.19. The Morgan fingerprint density at radius 3 is 2.71 bits per heavy atom. The number of aliphatic hydroxyl groups excluding tert-OH is 1. The summed E-state index contributed by atoms with van der Waals surface area (Å²) < 4.78 is 7.39. The van der Waals surface area contributed by atoms with E-state index >= 15 is 0 Å². The summed E-state index contributed by atoms with van der Waals surface area (Å²) >= 11 is 0. The smallest absolute Gasteiger partial charge is 0.270 e. The summed E-state index contributed by atoms with van der Waals surface area (Å²) in [5.74, 6) is 1.77. The maximum Gasteiger partial charge on any atom is 0.270 e. The van der Waals surface area contributed by atoms with Gasteiger partial charge in [-0.2, -0.15) is 0 Å². The number of aryl methyl sites for hydroxylation is 1. The first-order valence-corrected chi connectivity index (χ1v) is 6.34. The molecule has 1 N–H and O–H groups in total. The molecule has 0 fully saturated rings. The van der Waals surface area contributed by atoms with E-state index in [9.17, 15) is 15.2 Å². The van der Waals surface area contributed by atoms with Gasteiger partial charge in [0.15, 0.2) is 5.82 Å². The van der Waals surface area contributed by atoms with Crippen molar-refractivity contribution in [3.8, 4) is 5.75 Å². The Bertz CT molecular complexity index is 666. The monoisotopic (exact) mass is 292 g/mol. The molecule has 112 valence electrons. The molecule has 0 saturated carbocycles. The number of aromatic nitrogens is 3. The van der Waals surface area contributed by atoms with Gasteiger partial charge >= 0.3 is 0 Å². The van der Waals surface area contributed by atoms with E-state index in [1.807, 2.05) is 14.0 Å². The molecule has 0 spiro atoms. The van der Waals surface area contributed by atoms with E-state index < -0.39 is 11.0 Å². The normalized spacial score (nSPS) is 12.2. The number of non-ortho nitro benzene ring substituents is 1. The zero-order valence-corrected chi connectivity index (χ0v) is 12.0. The van der Waals surface area contributed by atoms with Crippen molar-refractivity contribution in [2.45, 2.75) is 26.6 Å². The SMILES string of the molecule is Cc1nnc(COc2ccc([N+](=O)[O-])cc2[C@@H](C)O)n1C. The zero-order valence-electron chi connectivity index (χ0n) is 12.0. The fourth-order valence-electron chi connectivity index (χ4n) is 1.83. The highest BCUT2D eigenvalue weighted by Gasteiger charge is 2.16. The fourth-order valence-corrected chi connectivity index (χ4v) is 1.83. The van der Waals surface area contributed by atoms with Gasteiger partial charge in [0.25, 0.3) is 5.69 Å². The highest BCUT2D eigenvalue weighted by Crippen LogP contribution is 2.29. The minimum Gasteiger partial charge on any atom is -0.485 e. The average molecular weight is 292 g/mol. The van der Waals surface area contributed by atoms with Gasteiger partial charge in [0.2, 0.25) is 0 Å². The largest absolute Gasteiger partial charge is 0.485 e. The molecule has 0 unspecified atom stereocenters. The van der Waals surface area contributed by atoms with Crippen LogP contribution >= 0.6 is 0 Å². The van der Waals surface area contributed by atoms with E-state index in [2.05, 4.69) is 10.2 Å².